The molecule has 18 heavy (non-hydrogen) atoms. The highest BCUT2D eigenvalue weighted by atomic mass is 32.1. The molecule has 1 N–H and O–H groups in total. The van der Waals surface area contributed by atoms with Crippen LogP contribution in [0, 0.1) is 17.8 Å². The van der Waals surface area contributed by atoms with Crippen LogP contribution >= 0.6 is 11.3 Å². The molecule has 0 spiro atoms. The largest absolute Gasteiger partial charge is 0.319 e. The number of nitrogens with zero attached hydrogens (tertiary/aromatic N) is 1. The summed E-state index contributed by atoms with van der Waals surface area (Å²) in [7, 11) is 2.08. The van der Waals surface area contributed by atoms with Gasteiger partial charge in [0.05, 0.1) is 5.01 Å². The number of rotatable bonds is 6. The van der Waals surface area contributed by atoms with E-state index in [9.17, 15) is 0 Å². The van der Waals surface area contributed by atoms with E-state index in [-0.39, 0.29) is 0 Å². The monoisotopic (exact) mass is 266 g/mol. The Kier molecular flexibility index (Phi) is 5.64. The van der Waals surface area contributed by atoms with E-state index in [1.54, 1.807) is 0 Å². The minimum absolute atomic E-state index is 0.842. The second-order valence-corrected chi connectivity index (χ2v) is 6.65. The van der Waals surface area contributed by atoms with Crippen molar-refractivity contribution in [3.05, 3.63) is 16.6 Å². The summed E-state index contributed by atoms with van der Waals surface area (Å²) >= 11 is 1.82. The van der Waals surface area contributed by atoms with Crippen molar-refractivity contribution in [1.29, 1.82) is 0 Å². The zero-order valence-corrected chi connectivity index (χ0v) is 12.5. The van der Waals surface area contributed by atoms with Gasteiger partial charge in [0, 0.05) is 18.0 Å². The summed E-state index contributed by atoms with van der Waals surface area (Å²) in [6, 6.07) is 0. The number of thiazole rings is 1. The van der Waals surface area contributed by atoms with Crippen LogP contribution in [0.15, 0.2) is 11.6 Å². The van der Waals surface area contributed by atoms with Crippen LogP contribution in [0.4, 0.5) is 0 Å². The first kappa shape index (κ1) is 14.0. The summed E-state index contributed by atoms with van der Waals surface area (Å²) in [4.78, 5) is 4.47. The third-order valence-electron chi connectivity index (χ3n) is 4.33. The maximum absolute atomic E-state index is 4.47. The standard InChI is InChI=1S/C15H26N2S/c1-3-4-12-5-6-13(11-16-2)14(9-12)10-15-17-7-8-18-15/h7-8,12-14,16H,3-6,9-11H2,1-2H3. The van der Waals surface area contributed by atoms with E-state index in [0.717, 1.165) is 17.8 Å². The third kappa shape index (κ3) is 3.79. The average molecular weight is 266 g/mol. The average Bonchev–Trinajstić information content (AvgIpc) is 2.86. The molecule has 3 unspecified atom stereocenters. The van der Waals surface area contributed by atoms with E-state index in [1.165, 1.54) is 50.1 Å². The first-order valence-electron chi connectivity index (χ1n) is 7.36. The molecule has 1 aromatic rings. The van der Waals surface area contributed by atoms with Gasteiger partial charge >= 0.3 is 0 Å². The zero-order chi connectivity index (χ0) is 12.8. The van der Waals surface area contributed by atoms with Crippen molar-refractivity contribution in [1.82, 2.24) is 10.3 Å². The van der Waals surface area contributed by atoms with Crippen molar-refractivity contribution in [3.63, 3.8) is 0 Å². The molecule has 0 radical (unpaired) electrons. The summed E-state index contributed by atoms with van der Waals surface area (Å²) in [5.41, 5.74) is 0. The van der Waals surface area contributed by atoms with Gasteiger partial charge in [0.15, 0.2) is 0 Å². The van der Waals surface area contributed by atoms with Gasteiger partial charge in [-0.2, -0.15) is 0 Å². The van der Waals surface area contributed by atoms with Gasteiger partial charge in [-0.25, -0.2) is 4.98 Å². The Morgan fingerprint density at radius 1 is 1.39 bits per heavy atom. The smallest absolute Gasteiger partial charge is 0.0927 e. The SMILES string of the molecule is CCCC1CCC(CNC)C(Cc2nccs2)C1. The van der Waals surface area contributed by atoms with E-state index < -0.39 is 0 Å². The molecular weight excluding hydrogens is 240 g/mol. The quantitative estimate of drug-likeness (QED) is 0.848. The Balaban J connectivity index is 1.95. The molecule has 1 heterocycles. The Labute approximate surface area is 115 Å². The highest BCUT2D eigenvalue weighted by Crippen LogP contribution is 2.37. The van der Waals surface area contributed by atoms with Crippen molar-refractivity contribution < 1.29 is 0 Å². The minimum atomic E-state index is 0.842. The molecule has 0 aliphatic heterocycles. The first-order valence-corrected chi connectivity index (χ1v) is 8.24. The lowest BCUT2D eigenvalue weighted by Crippen LogP contribution is -2.33. The van der Waals surface area contributed by atoms with Crippen LogP contribution in [0.3, 0.4) is 0 Å². The lowest BCUT2D eigenvalue weighted by Gasteiger charge is -2.36. The van der Waals surface area contributed by atoms with Crippen LogP contribution in [0.1, 0.15) is 44.0 Å². The lowest BCUT2D eigenvalue weighted by molar-refractivity contribution is 0.169. The van der Waals surface area contributed by atoms with Gasteiger partial charge in [0.2, 0.25) is 0 Å². The van der Waals surface area contributed by atoms with Gasteiger partial charge < -0.3 is 5.32 Å². The molecule has 2 nitrogen and oxygen atoms in total. The van der Waals surface area contributed by atoms with Crippen LogP contribution in [0.5, 0.6) is 0 Å². The summed E-state index contributed by atoms with van der Waals surface area (Å²) < 4.78 is 0. The number of hydrogen-bond acceptors (Lipinski definition) is 3. The number of nitrogens with one attached hydrogen (secondary N) is 1. The van der Waals surface area contributed by atoms with Gasteiger partial charge in [0.1, 0.15) is 0 Å². The fourth-order valence-electron chi connectivity index (χ4n) is 3.45. The minimum Gasteiger partial charge on any atom is -0.319 e. The molecule has 0 amide bonds. The van der Waals surface area contributed by atoms with E-state index in [4.69, 9.17) is 0 Å². The molecule has 0 saturated heterocycles. The summed E-state index contributed by atoms with van der Waals surface area (Å²) in [5.74, 6) is 2.66. The summed E-state index contributed by atoms with van der Waals surface area (Å²) in [5, 5.41) is 6.81. The van der Waals surface area contributed by atoms with Crippen LogP contribution in [0.2, 0.25) is 0 Å². The maximum Gasteiger partial charge on any atom is 0.0927 e. The summed E-state index contributed by atoms with van der Waals surface area (Å²) in [6.07, 6.45) is 10.2. The van der Waals surface area contributed by atoms with Gasteiger partial charge in [0.25, 0.3) is 0 Å². The second kappa shape index (κ2) is 7.25. The fourth-order valence-corrected chi connectivity index (χ4v) is 4.16. The molecule has 1 saturated carbocycles. The Hall–Kier alpha value is -0.410. The predicted molar refractivity (Wildman–Crippen MR) is 79.0 cm³/mol. The molecule has 1 fully saturated rings. The van der Waals surface area contributed by atoms with E-state index in [0.29, 0.717) is 0 Å². The molecule has 1 aliphatic carbocycles. The number of aromatic nitrogens is 1. The molecule has 3 heteroatoms. The Bertz CT molecular complexity index is 323. The third-order valence-corrected chi connectivity index (χ3v) is 5.13. The van der Waals surface area contributed by atoms with Crippen LogP contribution in [-0.4, -0.2) is 18.6 Å². The predicted octanol–water partition coefficient (Wildman–Crippen LogP) is 3.74. The number of hydrogen-bond donors (Lipinski definition) is 1. The van der Waals surface area contributed by atoms with E-state index >= 15 is 0 Å². The maximum atomic E-state index is 4.47. The van der Waals surface area contributed by atoms with E-state index in [2.05, 4.69) is 29.7 Å². The first-order chi connectivity index (χ1) is 8.83. The molecule has 102 valence electrons. The highest BCUT2D eigenvalue weighted by Gasteiger charge is 2.30. The molecular formula is C15H26N2S. The van der Waals surface area contributed by atoms with Crippen molar-refractivity contribution in [2.24, 2.45) is 17.8 Å². The van der Waals surface area contributed by atoms with Crippen molar-refractivity contribution in [2.45, 2.75) is 45.4 Å². The van der Waals surface area contributed by atoms with Crippen molar-refractivity contribution in [2.75, 3.05) is 13.6 Å². The molecule has 1 aromatic heterocycles. The molecule has 2 rings (SSSR count). The normalized spacial score (nSPS) is 28.4. The summed E-state index contributed by atoms with van der Waals surface area (Å²) in [6.45, 7) is 3.49. The van der Waals surface area contributed by atoms with Gasteiger partial charge in [-0.3, -0.25) is 0 Å². The van der Waals surface area contributed by atoms with Crippen molar-refractivity contribution >= 4 is 11.3 Å². The van der Waals surface area contributed by atoms with E-state index in [1.807, 2.05) is 17.5 Å². The molecule has 1 aliphatic rings. The van der Waals surface area contributed by atoms with Gasteiger partial charge in [-0.15, -0.1) is 11.3 Å². The topological polar surface area (TPSA) is 24.9 Å². The Morgan fingerprint density at radius 3 is 2.94 bits per heavy atom. The van der Waals surface area contributed by atoms with Crippen LogP contribution < -0.4 is 5.32 Å². The molecule has 0 bridgehead atoms. The Morgan fingerprint density at radius 2 is 2.28 bits per heavy atom. The van der Waals surface area contributed by atoms with Gasteiger partial charge in [-0.05, 0) is 44.2 Å². The zero-order valence-electron chi connectivity index (χ0n) is 11.7. The fraction of sp³-hybridized carbons (Fsp3) is 0.800. The lowest BCUT2D eigenvalue weighted by atomic mass is 9.71. The molecule has 3 atom stereocenters. The highest BCUT2D eigenvalue weighted by molar-refractivity contribution is 7.09. The van der Waals surface area contributed by atoms with Gasteiger partial charge in [-0.1, -0.05) is 26.2 Å². The second-order valence-electron chi connectivity index (χ2n) is 5.68. The van der Waals surface area contributed by atoms with Crippen LogP contribution in [-0.2, 0) is 6.42 Å². The molecule has 0 aromatic carbocycles. The van der Waals surface area contributed by atoms with Crippen LogP contribution in [0.25, 0.3) is 0 Å². The van der Waals surface area contributed by atoms with Crippen molar-refractivity contribution in [3.8, 4) is 0 Å².